The summed E-state index contributed by atoms with van der Waals surface area (Å²) in [7, 11) is 0. The van der Waals surface area contributed by atoms with Gasteiger partial charge in [0.05, 0.1) is 23.9 Å². The zero-order chi connectivity index (χ0) is 24.5. The summed E-state index contributed by atoms with van der Waals surface area (Å²) in [6.45, 7) is 15.5. The molecule has 0 aromatic heterocycles. The van der Waals surface area contributed by atoms with Gasteiger partial charge in [0.2, 0.25) is 0 Å². The van der Waals surface area contributed by atoms with Crippen LogP contribution in [0, 0.1) is 58.2 Å². The Balaban J connectivity index is 1.67. The Kier molecular flexibility index (Phi) is 6.69. The summed E-state index contributed by atoms with van der Waals surface area (Å²) < 4.78 is 0. The number of hydrogen-bond donors (Lipinski definition) is 4. The monoisotopic (exact) mass is 462 g/mol. The van der Waals surface area contributed by atoms with Gasteiger partial charge in [0.1, 0.15) is 0 Å². The van der Waals surface area contributed by atoms with Crippen LogP contribution in [0.4, 0.5) is 0 Å². The molecule has 4 heteroatoms. The maximum atomic E-state index is 12.4. The maximum absolute atomic E-state index is 12.4. The molecule has 0 radical (unpaired) electrons. The third-order valence-electron chi connectivity index (χ3n) is 11.8. The summed E-state index contributed by atoms with van der Waals surface area (Å²) in [6.07, 6.45) is 7.53. The molecule has 4 aliphatic rings. The van der Waals surface area contributed by atoms with Crippen LogP contribution >= 0.6 is 0 Å². The van der Waals surface area contributed by atoms with E-state index in [-0.39, 0.29) is 41.1 Å². The molecule has 0 spiro atoms. The Morgan fingerprint density at radius 1 is 0.879 bits per heavy atom. The van der Waals surface area contributed by atoms with Crippen LogP contribution in [-0.4, -0.2) is 44.3 Å². The molecule has 0 aromatic carbocycles. The Labute approximate surface area is 201 Å². The summed E-state index contributed by atoms with van der Waals surface area (Å²) in [5.41, 5.74) is -1.72. The highest BCUT2D eigenvalue weighted by Crippen LogP contribution is 2.70. The lowest BCUT2D eigenvalue weighted by Gasteiger charge is -2.68. The average molecular weight is 463 g/mol. The zero-order valence-corrected chi connectivity index (χ0v) is 22.0. The summed E-state index contributed by atoms with van der Waals surface area (Å²) >= 11 is 0. The number of aliphatic hydroxyl groups is 4. The van der Waals surface area contributed by atoms with Crippen molar-refractivity contribution in [2.75, 3.05) is 0 Å². The van der Waals surface area contributed by atoms with Crippen molar-refractivity contribution in [3.8, 4) is 0 Å². The van der Waals surface area contributed by atoms with Crippen LogP contribution in [-0.2, 0) is 0 Å². The van der Waals surface area contributed by atoms with Crippen molar-refractivity contribution >= 4 is 0 Å². The molecule has 0 aliphatic heterocycles. The van der Waals surface area contributed by atoms with Gasteiger partial charge in [-0.2, -0.15) is 0 Å². The highest BCUT2D eigenvalue weighted by molar-refractivity contribution is 5.22. The van der Waals surface area contributed by atoms with Crippen LogP contribution in [0.25, 0.3) is 0 Å². The Morgan fingerprint density at radius 3 is 2.18 bits per heavy atom. The molecule has 0 bridgehead atoms. The van der Waals surface area contributed by atoms with Gasteiger partial charge >= 0.3 is 0 Å². The molecule has 0 heterocycles. The zero-order valence-electron chi connectivity index (χ0n) is 22.0. The smallest absolute Gasteiger partial charge is 0.0865 e. The predicted molar refractivity (Wildman–Crippen MR) is 132 cm³/mol. The number of aliphatic hydroxyl groups excluding tert-OH is 3. The largest absolute Gasteiger partial charge is 0.393 e. The second kappa shape index (κ2) is 8.61. The van der Waals surface area contributed by atoms with Crippen molar-refractivity contribution in [1.29, 1.82) is 0 Å². The second-order valence-electron chi connectivity index (χ2n) is 13.5. The molecule has 4 nitrogen and oxygen atoms in total. The summed E-state index contributed by atoms with van der Waals surface area (Å²) in [4.78, 5) is 0. The molecule has 0 amide bonds. The quantitative estimate of drug-likeness (QED) is 0.453. The number of allylic oxidation sites excluding steroid dienone is 2. The van der Waals surface area contributed by atoms with Crippen LogP contribution in [0.2, 0.25) is 0 Å². The Hall–Kier alpha value is -0.420. The molecule has 0 saturated heterocycles. The van der Waals surface area contributed by atoms with E-state index in [2.05, 4.69) is 60.6 Å². The van der Waals surface area contributed by atoms with Gasteiger partial charge in [0.25, 0.3) is 0 Å². The average Bonchev–Trinajstić information content (AvgIpc) is 3.12. The van der Waals surface area contributed by atoms with E-state index in [0.717, 1.165) is 25.7 Å². The first-order valence-corrected chi connectivity index (χ1v) is 13.7. The molecule has 13 atom stereocenters. The molecule has 4 aliphatic carbocycles. The highest BCUT2D eigenvalue weighted by atomic mass is 16.3. The third-order valence-corrected chi connectivity index (χ3v) is 11.8. The summed E-state index contributed by atoms with van der Waals surface area (Å²) in [5, 5.41) is 46.4. The lowest BCUT2D eigenvalue weighted by Crippen LogP contribution is -2.73. The molecule has 4 rings (SSSR count). The highest BCUT2D eigenvalue weighted by Gasteiger charge is 2.72. The standard InChI is InChI=1S/C29H50O4/c1-16(2)17(3)8-9-18(4)20-10-11-23-28(20,7)26(32)24(31)25-27(6)14-13-22(30)19(5)21(27)12-15-29(23,25)33/h8-9,16-26,30-33H,10-15H2,1-7H3. The van der Waals surface area contributed by atoms with E-state index in [9.17, 15) is 20.4 Å². The van der Waals surface area contributed by atoms with Crippen LogP contribution in [0.1, 0.15) is 87.0 Å². The fourth-order valence-corrected chi connectivity index (χ4v) is 9.47. The van der Waals surface area contributed by atoms with Crippen molar-refractivity contribution < 1.29 is 20.4 Å². The van der Waals surface area contributed by atoms with Crippen LogP contribution in [0.15, 0.2) is 12.2 Å². The van der Waals surface area contributed by atoms with Crippen molar-refractivity contribution in [3.63, 3.8) is 0 Å². The number of rotatable bonds is 4. The minimum atomic E-state index is -0.954. The van der Waals surface area contributed by atoms with Crippen LogP contribution < -0.4 is 0 Å². The SMILES string of the molecule is CC(C)C(C)C=CC(C)C1CCC2C3(O)CCC4C(C)C(O)CCC4(C)C3C(O)C(O)C12C. The minimum Gasteiger partial charge on any atom is -0.393 e. The lowest BCUT2D eigenvalue weighted by atomic mass is 9.40. The predicted octanol–water partition coefficient (Wildman–Crippen LogP) is 4.79. The molecule has 190 valence electrons. The molecule has 33 heavy (non-hydrogen) atoms. The van der Waals surface area contributed by atoms with Gasteiger partial charge in [-0.1, -0.05) is 60.6 Å². The van der Waals surface area contributed by atoms with Crippen LogP contribution in [0.5, 0.6) is 0 Å². The van der Waals surface area contributed by atoms with Gasteiger partial charge < -0.3 is 20.4 Å². The van der Waals surface area contributed by atoms with Gasteiger partial charge in [0.15, 0.2) is 0 Å². The first kappa shape index (κ1) is 25.7. The lowest BCUT2D eigenvalue weighted by molar-refractivity contribution is -0.298. The van der Waals surface area contributed by atoms with Gasteiger partial charge in [-0.15, -0.1) is 0 Å². The van der Waals surface area contributed by atoms with Gasteiger partial charge in [0, 0.05) is 11.3 Å². The number of fused-ring (bicyclic) bond motifs is 5. The summed E-state index contributed by atoms with van der Waals surface area (Å²) in [6, 6.07) is 0. The van der Waals surface area contributed by atoms with Crippen molar-refractivity contribution in [2.45, 2.75) is 111 Å². The van der Waals surface area contributed by atoms with E-state index < -0.39 is 23.2 Å². The molecule has 4 saturated carbocycles. The topological polar surface area (TPSA) is 80.9 Å². The molecule has 0 aromatic rings. The van der Waals surface area contributed by atoms with E-state index in [1.807, 2.05) is 0 Å². The van der Waals surface area contributed by atoms with E-state index >= 15 is 0 Å². The first-order chi connectivity index (χ1) is 15.3. The Morgan fingerprint density at radius 2 is 1.55 bits per heavy atom. The summed E-state index contributed by atoms with van der Waals surface area (Å²) in [5.74, 6) is 1.73. The van der Waals surface area contributed by atoms with Gasteiger partial charge in [-0.05, 0) is 85.4 Å². The van der Waals surface area contributed by atoms with Crippen LogP contribution in [0.3, 0.4) is 0 Å². The fourth-order valence-electron chi connectivity index (χ4n) is 9.47. The fraction of sp³-hybridized carbons (Fsp3) is 0.931. The first-order valence-electron chi connectivity index (χ1n) is 13.7. The molecule has 4 N–H and O–H groups in total. The minimum absolute atomic E-state index is 0.00305. The molecular weight excluding hydrogens is 412 g/mol. The molecule has 4 fully saturated rings. The normalized spacial score (nSPS) is 54.1. The van der Waals surface area contributed by atoms with E-state index in [1.54, 1.807) is 0 Å². The number of hydrogen-bond acceptors (Lipinski definition) is 4. The Bertz CT molecular complexity index is 750. The molecule has 13 unspecified atom stereocenters. The van der Waals surface area contributed by atoms with Crippen molar-refractivity contribution in [2.24, 2.45) is 58.2 Å². The molecular formula is C29H50O4. The van der Waals surface area contributed by atoms with Gasteiger partial charge in [-0.3, -0.25) is 0 Å². The third kappa shape index (κ3) is 3.60. The van der Waals surface area contributed by atoms with Gasteiger partial charge in [-0.25, -0.2) is 0 Å². The van der Waals surface area contributed by atoms with Crippen molar-refractivity contribution in [3.05, 3.63) is 12.2 Å². The van der Waals surface area contributed by atoms with E-state index in [0.29, 0.717) is 30.6 Å². The van der Waals surface area contributed by atoms with E-state index in [4.69, 9.17) is 0 Å². The van der Waals surface area contributed by atoms with Crippen molar-refractivity contribution in [1.82, 2.24) is 0 Å². The maximum Gasteiger partial charge on any atom is 0.0865 e. The second-order valence-corrected chi connectivity index (χ2v) is 13.5. The van der Waals surface area contributed by atoms with E-state index in [1.165, 1.54) is 0 Å².